The Bertz CT molecular complexity index is 525. The van der Waals surface area contributed by atoms with Crippen LogP contribution in [0.5, 0.6) is 0 Å². The number of rotatable bonds is 6. The highest BCUT2D eigenvalue weighted by Crippen LogP contribution is 2.17. The SMILES string of the molecule is CCNC(COC(C)C)c1ccc2ccccc2n1. The lowest BCUT2D eigenvalue weighted by Crippen LogP contribution is -2.27. The fourth-order valence-corrected chi connectivity index (χ4v) is 2.06. The van der Waals surface area contributed by atoms with Crippen molar-refractivity contribution >= 4 is 10.9 Å². The van der Waals surface area contributed by atoms with Gasteiger partial charge in [0.25, 0.3) is 0 Å². The number of aromatic nitrogens is 1. The Morgan fingerprint density at radius 2 is 1.95 bits per heavy atom. The summed E-state index contributed by atoms with van der Waals surface area (Å²) in [6.45, 7) is 7.76. The van der Waals surface area contributed by atoms with Gasteiger partial charge in [-0.1, -0.05) is 31.2 Å². The molecular formula is C16H22N2O. The molecule has 0 spiro atoms. The smallest absolute Gasteiger partial charge is 0.0733 e. The summed E-state index contributed by atoms with van der Waals surface area (Å²) in [7, 11) is 0. The van der Waals surface area contributed by atoms with Gasteiger partial charge in [-0.3, -0.25) is 4.98 Å². The Hall–Kier alpha value is -1.45. The molecule has 1 unspecified atom stereocenters. The molecule has 1 aromatic carbocycles. The number of likely N-dealkylation sites (N-methyl/N-ethyl adjacent to an activating group) is 1. The van der Waals surface area contributed by atoms with E-state index in [0.717, 1.165) is 17.8 Å². The fourth-order valence-electron chi connectivity index (χ4n) is 2.06. The van der Waals surface area contributed by atoms with E-state index >= 15 is 0 Å². The van der Waals surface area contributed by atoms with E-state index in [9.17, 15) is 0 Å². The Morgan fingerprint density at radius 1 is 1.16 bits per heavy atom. The number of fused-ring (bicyclic) bond motifs is 1. The second-order valence-electron chi connectivity index (χ2n) is 4.92. The molecule has 0 aliphatic carbocycles. The van der Waals surface area contributed by atoms with Gasteiger partial charge in [0.2, 0.25) is 0 Å². The number of pyridine rings is 1. The molecule has 0 aliphatic heterocycles. The number of nitrogens with zero attached hydrogens (tertiary/aromatic N) is 1. The zero-order chi connectivity index (χ0) is 13.7. The molecule has 0 fully saturated rings. The van der Waals surface area contributed by atoms with Crippen molar-refractivity contribution in [1.82, 2.24) is 10.3 Å². The molecule has 0 radical (unpaired) electrons. The Kier molecular flexibility index (Phi) is 4.88. The second-order valence-corrected chi connectivity index (χ2v) is 4.92. The minimum Gasteiger partial charge on any atom is -0.377 e. The molecule has 1 atom stereocenters. The standard InChI is InChI=1S/C16H22N2O/c1-4-17-16(11-19-12(2)3)15-10-9-13-7-5-6-8-14(13)18-15/h5-10,12,16-17H,4,11H2,1-3H3. The molecule has 0 aliphatic rings. The fraction of sp³-hybridized carbons (Fsp3) is 0.438. The van der Waals surface area contributed by atoms with Gasteiger partial charge in [-0.2, -0.15) is 0 Å². The third-order valence-electron chi connectivity index (χ3n) is 3.02. The maximum Gasteiger partial charge on any atom is 0.0733 e. The van der Waals surface area contributed by atoms with Crippen molar-refractivity contribution in [2.24, 2.45) is 0 Å². The van der Waals surface area contributed by atoms with Crippen molar-refractivity contribution in [2.45, 2.75) is 32.9 Å². The molecule has 3 heteroatoms. The quantitative estimate of drug-likeness (QED) is 0.863. The highest BCUT2D eigenvalue weighted by Gasteiger charge is 2.13. The molecule has 0 saturated carbocycles. The topological polar surface area (TPSA) is 34.1 Å². The van der Waals surface area contributed by atoms with E-state index in [0.29, 0.717) is 6.61 Å². The maximum absolute atomic E-state index is 5.72. The van der Waals surface area contributed by atoms with Crippen LogP contribution in [-0.2, 0) is 4.74 Å². The molecule has 2 rings (SSSR count). The lowest BCUT2D eigenvalue weighted by atomic mass is 10.1. The Labute approximate surface area is 115 Å². The van der Waals surface area contributed by atoms with Crippen molar-refractivity contribution in [3.8, 4) is 0 Å². The molecule has 0 amide bonds. The van der Waals surface area contributed by atoms with Gasteiger partial charge in [0.1, 0.15) is 0 Å². The number of benzene rings is 1. The first-order chi connectivity index (χ1) is 9.20. The van der Waals surface area contributed by atoms with E-state index in [1.54, 1.807) is 0 Å². The monoisotopic (exact) mass is 258 g/mol. The van der Waals surface area contributed by atoms with E-state index < -0.39 is 0 Å². The van der Waals surface area contributed by atoms with Gasteiger partial charge in [0.15, 0.2) is 0 Å². The van der Waals surface area contributed by atoms with Crippen molar-refractivity contribution < 1.29 is 4.74 Å². The van der Waals surface area contributed by atoms with Gasteiger partial charge in [-0.25, -0.2) is 0 Å². The Balaban J connectivity index is 2.22. The van der Waals surface area contributed by atoms with Crippen LogP contribution in [0, 0.1) is 0 Å². The lowest BCUT2D eigenvalue weighted by molar-refractivity contribution is 0.0607. The van der Waals surface area contributed by atoms with Crippen LogP contribution >= 0.6 is 0 Å². The summed E-state index contributed by atoms with van der Waals surface area (Å²) in [5, 5.41) is 4.60. The van der Waals surface area contributed by atoms with Gasteiger partial charge < -0.3 is 10.1 Å². The summed E-state index contributed by atoms with van der Waals surface area (Å²) >= 11 is 0. The molecule has 1 aromatic heterocycles. The molecule has 0 saturated heterocycles. The van der Waals surface area contributed by atoms with Crippen LogP contribution in [0.3, 0.4) is 0 Å². The number of ether oxygens (including phenoxy) is 1. The number of nitrogens with one attached hydrogen (secondary N) is 1. The van der Waals surface area contributed by atoms with E-state index in [1.807, 2.05) is 18.2 Å². The Morgan fingerprint density at radius 3 is 2.68 bits per heavy atom. The lowest BCUT2D eigenvalue weighted by Gasteiger charge is -2.19. The van der Waals surface area contributed by atoms with Crippen LogP contribution in [0.15, 0.2) is 36.4 Å². The normalized spacial score (nSPS) is 13.1. The average molecular weight is 258 g/mol. The van der Waals surface area contributed by atoms with Gasteiger partial charge in [-0.15, -0.1) is 0 Å². The third-order valence-corrected chi connectivity index (χ3v) is 3.02. The van der Waals surface area contributed by atoms with Crippen LogP contribution in [0.2, 0.25) is 0 Å². The highest BCUT2D eigenvalue weighted by molar-refractivity contribution is 5.78. The third kappa shape index (κ3) is 3.75. The van der Waals surface area contributed by atoms with Crippen molar-refractivity contribution in [2.75, 3.05) is 13.2 Å². The van der Waals surface area contributed by atoms with E-state index in [4.69, 9.17) is 9.72 Å². The molecule has 1 N–H and O–H groups in total. The van der Waals surface area contributed by atoms with Crippen LogP contribution in [-0.4, -0.2) is 24.2 Å². The maximum atomic E-state index is 5.72. The minimum absolute atomic E-state index is 0.150. The summed E-state index contributed by atoms with van der Waals surface area (Å²) in [6, 6.07) is 12.5. The van der Waals surface area contributed by atoms with Crippen molar-refractivity contribution in [3.05, 3.63) is 42.1 Å². The molecule has 2 aromatic rings. The minimum atomic E-state index is 0.150. The zero-order valence-corrected chi connectivity index (χ0v) is 11.9. The predicted molar refractivity (Wildman–Crippen MR) is 79.2 cm³/mol. The summed E-state index contributed by atoms with van der Waals surface area (Å²) in [4.78, 5) is 4.73. The molecular weight excluding hydrogens is 236 g/mol. The molecule has 1 heterocycles. The van der Waals surface area contributed by atoms with Crippen molar-refractivity contribution in [3.63, 3.8) is 0 Å². The number of hydrogen-bond acceptors (Lipinski definition) is 3. The van der Waals surface area contributed by atoms with Crippen LogP contribution in [0.4, 0.5) is 0 Å². The van der Waals surface area contributed by atoms with E-state index in [1.165, 1.54) is 5.39 Å². The van der Waals surface area contributed by atoms with Crippen LogP contribution in [0.25, 0.3) is 10.9 Å². The van der Waals surface area contributed by atoms with Crippen LogP contribution in [0.1, 0.15) is 32.5 Å². The summed E-state index contributed by atoms with van der Waals surface area (Å²) in [6.07, 6.45) is 0.238. The predicted octanol–water partition coefficient (Wildman–Crippen LogP) is 3.31. The largest absolute Gasteiger partial charge is 0.377 e. The van der Waals surface area contributed by atoms with Gasteiger partial charge in [0.05, 0.1) is 30.0 Å². The number of hydrogen-bond donors (Lipinski definition) is 1. The number of para-hydroxylation sites is 1. The van der Waals surface area contributed by atoms with Gasteiger partial charge in [-0.05, 0) is 32.5 Å². The summed E-state index contributed by atoms with van der Waals surface area (Å²) in [5.74, 6) is 0. The summed E-state index contributed by atoms with van der Waals surface area (Å²) < 4.78 is 5.72. The van der Waals surface area contributed by atoms with Crippen LogP contribution < -0.4 is 5.32 Å². The molecule has 19 heavy (non-hydrogen) atoms. The molecule has 3 nitrogen and oxygen atoms in total. The highest BCUT2D eigenvalue weighted by atomic mass is 16.5. The summed E-state index contributed by atoms with van der Waals surface area (Å²) in [5.41, 5.74) is 2.08. The molecule has 0 bridgehead atoms. The van der Waals surface area contributed by atoms with Gasteiger partial charge >= 0.3 is 0 Å². The first-order valence-corrected chi connectivity index (χ1v) is 6.91. The van der Waals surface area contributed by atoms with Crippen molar-refractivity contribution in [1.29, 1.82) is 0 Å². The zero-order valence-electron chi connectivity index (χ0n) is 11.9. The average Bonchev–Trinajstić information content (AvgIpc) is 2.42. The van der Waals surface area contributed by atoms with Gasteiger partial charge in [0, 0.05) is 5.39 Å². The first kappa shape index (κ1) is 14.0. The first-order valence-electron chi connectivity index (χ1n) is 6.91. The second kappa shape index (κ2) is 6.64. The van der Waals surface area contributed by atoms with E-state index in [-0.39, 0.29) is 12.1 Å². The van der Waals surface area contributed by atoms with E-state index in [2.05, 4.69) is 44.3 Å². The molecule has 102 valence electrons.